The average Bonchev–Trinajstić information content (AvgIpc) is 2.72. The SMILES string of the molecule is CCC(C)Sc1c(CN(C)C)c2c(O)cccc2n1OC. The van der Waals surface area contributed by atoms with Crippen LogP contribution >= 0.6 is 11.8 Å². The topological polar surface area (TPSA) is 37.6 Å². The van der Waals surface area contributed by atoms with Crippen molar-refractivity contribution in [1.82, 2.24) is 9.63 Å². The zero-order valence-corrected chi connectivity index (χ0v) is 14.2. The van der Waals surface area contributed by atoms with Gasteiger partial charge in [-0.1, -0.05) is 19.9 Å². The predicted octanol–water partition coefficient (Wildman–Crippen LogP) is 3.36. The van der Waals surface area contributed by atoms with Crippen LogP contribution in [-0.2, 0) is 6.54 Å². The highest BCUT2D eigenvalue weighted by atomic mass is 32.2. The molecule has 116 valence electrons. The highest BCUT2D eigenvalue weighted by Crippen LogP contribution is 2.39. The van der Waals surface area contributed by atoms with Crippen molar-refractivity contribution >= 4 is 22.7 Å². The minimum atomic E-state index is 0.311. The lowest BCUT2D eigenvalue weighted by atomic mass is 10.1. The van der Waals surface area contributed by atoms with E-state index in [1.807, 2.05) is 31.0 Å². The lowest BCUT2D eigenvalue weighted by Crippen LogP contribution is -2.13. The number of benzene rings is 1. The van der Waals surface area contributed by atoms with Crippen LogP contribution in [0.1, 0.15) is 25.8 Å². The van der Waals surface area contributed by atoms with Gasteiger partial charge in [0.15, 0.2) is 0 Å². The number of phenols is 1. The Morgan fingerprint density at radius 2 is 2.10 bits per heavy atom. The third-order valence-corrected chi connectivity index (χ3v) is 4.90. The molecule has 21 heavy (non-hydrogen) atoms. The van der Waals surface area contributed by atoms with Crippen LogP contribution in [0.3, 0.4) is 0 Å². The summed E-state index contributed by atoms with van der Waals surface area (Å²) in [6.45, 7) is 5.16. The molecule has 0 spiro atoms. The van der Waals surface area contributed by atoms with Gasteiger partial charge in [-0.05, 0) is 32.6 Å². The molecule has 4 nitrogen and oxygen atoms in total. The molecule has 2 rings (SSSR count). The van der Waals surface area contributed by atoms with E-state index in [2.05, 4.69) is 18.7 Å². The summed E-state index contributed by atoms with van der Waals surface area (Å²) in [6.07, 6.45) is 1.09. The smallest absolute Gasteiger partial charge is 0.125 e. The largest absolute Gasteiger partial charge is 0.507 e. The Kier molecular flexibility index (Phi) is 5.06. The summed E-state index contributed by atoms with van der Waals surface area (Å²) in [4.78, 5) is 7.70. The second kappa shape index (κ2) is 6.62. The molecule has 0 aliphatic heterocycles. The van der Waals surface area contributed by atoms with Crippen molar-refractivity contribution in [3.05, 3.63) is 23.8 Å². The molecule has 0 bridgehead atoms. The number of phenolic OH excluding ortho intramolecular Hbond substituents is 1. The fraction of sp³-hybridized carbons (Fsp3) is 0.500. The highest BCUT2D eigenvalue weighted by molar-refractivity contribution is 7.99. The van der Waals surface area contributed by atoms with E-state index in [0.717, 1.165) is 34.5 Å². The van der Waals surface area contributed by atoms with Gasteiger partial charge in [0.1, 0.15) is 17.9 Å². The first-order valence-corrected chi connectivity index (χ1v) is 8.08. The zero-order valence-electron chi connectivity index (χ0n) is 13.4. The van der Waals surface area contributed by atoms with Crippen LogP contribution in [0.15, 0.2) is 23.2 Å². The normalized spacial score (nSPS) is 13.0. The third-order valence-electron chi connectivity index (χ3n) is 3.53. The molecular weight excluding hydrogens is 284 g/mol. The van der Waals surface area contributed by atoms with Gasteiger partial charge in [-0.3, -0.25) is 0 Å². The number of fused-ring (bicyclic) bond motifs is 1. The van der Waals surface area contributed by atoms with Gasteiger partial charge in [0.05, 0.1) is 10.9 Å². The summed E-state index contributed by atoms with van der Waals surface area (Å²) in [5, 5.41) is 12.8. The summed E-state index contributed by atoms with van der Waals surface area (Å²) < 4.78 is 1.84. The maximum Gasteiger partial charge on any atom is 0.125 e. The first-order chi connectivity index (χ1) is 9.99. The summed E-state index contributed by atoms with van der Waals surface area (Å²) in [5.74, 6) is 0.311. The summed E-state index contributed by atoms with van der Waals surface area (Å²) in [5.41, 5.74) is 2.04. The Morgan fingerprint density at radius 1 is 1.38 bits per heavy atom. The Bertz CT molecular complexity index is 622. The minimum Gasteiger partial charge on any atom is -0.507 e. The molecule has 2 aromatic rings. The van der Waals surface area contributed by atoms with Gasteiger partial charge in [0.25, 0.3) is 0 Å². The van der Waals surface area contributed by atoms with Crippen LogP contribution in [0.25, 0.3) is 10.9 Å². The summed E-state index contributed by atoms with van der Waals surface area (Å²) in [7, 11) is 5.74. The molecule has 5 heteroatoms. The number of rotatable bonds is 6. The lowest BCUT2D eigenvalue weighted by molar-refractivity contribution is 0.157. The van der Waals surface area contributed by atoms with Crippen molar-refractivity contribution < 1.29 is 9.94 Å². The Morgan fingerprint density at radius 3 is 2.67 bits per heavy atom. The van der Waals surface area contributed by atoms with Crippen molar-refractivity contribution in [1.29, 1.82) is 0 Å². The standard InChI is InChI=1S/C16H24N2O2S/c1-6-11(2)21-16-12(10-17(3)4)15-13(18(16)20-5)8-7-9-14(15)19/h7-9,11,19H,6,10H2,1-5H3. The Labute approximate surface area is 130 Å². The van der Waals surface area contributed by atoms with Gasteiger partial charge >= 0.3 is 0 Å². The third kappa shape index (κ3) is 3.14. The van der Waals surface area contributed by atoms with Gasteiger partial charge in [0, 0.05) is 17.4 Å². The molecule has 0 aliphatic rings. The van der Waals surface area contributed by atoms with Crippen molar-refractivity contribution in [2.24, 2.45) is 0 Å². The first-order valence-electron chi connectivity index (χ1n) is 7.20. The van der Waals surface area contributed by atoms with E-state index in [1.165, 1.54) is 0 Å². The van der Waals surface area contributed by atoms with E-state index in [4.69, 9.17) is 4.84 Å². The molecule has 1 atom stereocenters. The number of hydrogen-bond acceptors (Lipinski definition) is 4. The van der Waals surface area contributed by atoms with E-state index in [-0.39, 0.29) is 0 Å². The van der Waals surface area contributed by atoms with E-state index in [9.17, 15) is 5.11 Å². The van der Waals surface area contributed by atoms with Gasteiger partial charge in [-0.25, -0.2) is 0 Å². The van der Waals surface area contributed by atoms with Crippen LogP contribution in [-0.4, -0.2) is 41.2 Å². The van der Waals surface area contributed by atoms with Gasteiger partial charge in [0.2, 0.25) is 0 Å². The molecule has 0 aliphatic carbocycles. The Hall–Kier alpha value is -1.33. The molecule has 1 aromatic carbocycles. The van der Waals surface area contributed by atoms with Crippen LogP contribution in [0.4, 0.5) is 0 Å². The number of hydrogen-bond donors (Lipinski definition) is 1. The summed E-state index contributed by atoms with van der Waals surface area (Å²) >= 11 is 1.80. The highest BCUT2D eigenvalue weighted by Gasteiger charge is 2.22. The van der Waals surface area contributed by atoms with Gasteiger partial charge < -0.3 is 14.8 Å². The fourth-order valence-corrected chi connectivity index (χ4v) is 3.51. The molecule has 0 radical (unpaired) electrons. The molecule has 1 aromatic heterocycles. The lowest BCUT2D eigenvalue weighted by Gasteiger charge is -2.15. The zero-order chi connectivity index (χ0) is 15.6. The van der Waals surface area contributed by atoms with Crippen molar-refractivity contribution in [2.75, 3.05) is 21.2 Å². The Balaban J connectivity index is 2.69. The second-order valence-corrected chi connectivity index (χ2v) is 6.93. The van der Waals surface area contributed by atoms with Crippen LogP contribution in [0.2, 0.25) is 0 Å². The molecule has 1 heterocycles. The van der Waals surface area contributed by atoms with Crippen LogP contribution in [0.5, 0.6) is 5.75 Å². The van der Waals surface area contributed by atoms with Crippen LogP contribution in [0, 0.1) is 0 Å². The molecule has 1 N–H and O–H groups in total. The van der Waals surface area contributed by atoms with Crippen molar-refractivity contribution in [3.63, 3.8) is 0 Å². The molecule has 1 unspecified atom stereocenters. The number of thioether (sulfide) groups is 1. The number of aromatic nitrogens is 1. The molecule has 0 saturated carbocycles. The fourth-order valence-electron chi connectivity index (χ4n) is 2.38. The molecule has 0 fully saturated rings. The molecule has 0 amide bonds. The van der Waals surface area contributed by atoms with Gasteiger partial charge in [-0.15, -0.1) is 11.8 Å². The maximum absolute atomic E-state index is 10.3. The van der Waals surface area contributed by atoms with Gasteiger partial charge in [-0.2, -0.15) is 4.73 Å². The average molecular weight is 308 g/mol. The van der Waals surface area contributed by atoms with E-state index < -0.39 is 0 Å². The molecule has 0 saturated heterocycles. The van der Waals surface area contributed by atoms with Crippen LogP contribution < -0.4 is 4.84 Å². The van der Waals surface area contributed by atoms with Crippen molar-refractivity contribution in [3.8, 4) is 5.75 Å². The van der Waals surface area contributed by atoms with E-state index in [0.29, 0.717) is 11.0 Å². The predicted molar refractivity (Wildman–Crippen MR) is 89.1 cm³/mol. The number of aromatic hydroxyl groups is 1. The van der Waals surface area contributed by atoms with E-state index in [1.54, 1.807) is 24.9 Å². The minimum absolute atomic E-state index is 0.311. The maximum atomic E-state index is 10.3. The van der Waals surface area contributed by atoms with E-state index >= 15 is 0 Å². The number of nitrogens with zero attached hydrogens (tertiary/aromatic N) is 2. The van der Waals surface area contributed by atoms with Crippen molar-refractivity contribution in [2.45, 2.75) is 37.1 Å². The first kappa shape index (κ1) is 16.0. The molecular formula is C16H24N2O2S. The quantitative estimate of drug-likeness (QED) is 0.830. The second-order valence-electron chi connectivity index (χ2n) is 5.51. The monoisotopic (exact) mass is 308 g/mol. The summed E-state index contributed by atoms with van der Waals surface area (Å²) in [6, 6.07) is 5.57.